The minimum atomic E-state index is 0.488. The van der Waals surface area contributed by atoms with Gasteiger partial charge in [-0.3, -0.25) is 0 Å². The molecule has 0 saturated heterocycles. The smallest absolute Gasteiger partial charge is 0.137 e. The predicted molar refractivity (Wildman–Crippen MR) is 79.6 cm³/mol. The summed E-state index contributed by atoms with van der Waals surface area (Å²) >= 11 is 0. The van der Waals surface area contributed by atoms with Crippen LogP contribution in [0.25, 0.3) is 11.0 Å². The van der Waals surface area contributed by atoms with Gasteiger partial charge in [-0.2, -0.15) is 0 Å². The van der Waals surface area contributed by atoms with Gasteiger partial charge in [-0.1, -0.05) is 26.0 Å². The number of benzene rings is 1. The van der Waals surface area contributed by atoms with Crippen LogP contribution in [0.4, 0.5) is 0 Å². The summed E-state index contributed by atoms with van der Waals surface area (Å²) in [5, 5.41) is 4.87. The normalized spacial score (nSPS) is 15.6. The lowest BCUT2D eigenvalue weighted by atomic mass is 10.00. The van der Waals surface area contributed by atoms with Gasteiger partial charge in [0, 0.05) is 17.0 Å². The molecular weight excluding hydrogens is 234 g/mol. The SMILES string of the molecule is Cc1ccc(C)c2c(C3CC3)c(CNC(C)C)oc12. The molecule has 1 aromatic carbocycles. The molecular formula is C17H23NO. The molecule has 2 heteroatoms. The van der Waals surface area contributed by atoms with Crippen molar-refractivity contribution in [3.63, 3.8) is 0 Å². The van der Waals surface area contributed by atoms with Crippen LogP contribution in [-0.4, -0.2) is 6.04 Å². The molecule has 0 amide bonds. The van der Waals surface area contributed by atoms with E-state index in [0.29, 0.717) is 6.04 Å². The van der Waals surface area contributed by atoms with Crippen molar-refractivity contribution < 1.29 is 4.42 Å². The largest absolute Gasteiger partial charge is 0.459 e. The van der Waals surface area contributed by atoms with Gasteiger partial charge in [-0.15, -0.1) is 0 Å². The van der Waals surface area contributed by atoms with E-state index in [2.05, 4.69) is 45.1 Å². The molecule has 1 fully saturated rings. The fourth-order valence-electron chi connectivity index (χ4n) is 2.80. The van der Waals surface area contributed by atoms with E-state index in [0.717, 1.165) is 23.8 Å². The number of aryl methyl sites for hydroxylation is 2. The first-order valence-corrected chi connectivity index (χ1v) is 7.32. The summed E-state index contributed by atoms with van der Waals surface area (Å²) in [5.41, 5.74) is 5.17. The number of rotatable bonds is 4. The summed E-state index contributed by atoms with van der Waals surface area (Å²) in [6, 6.07) is 4.87. The fourth-order valence-corrected chi connectivity index (χ4v) is 2.80. The zero-order valence-corrected chi connectivity index (χ0v) is 12.3. The molecule has 3 rings (SSSR count). The Bertz CT molecular complexity index is 605. The molecule has 1 aromatic heterocycles. The van der Waals surface area contributed by atoms with Gasteiger partial charge in [0.2, 0.25) is 0 Å². The standard InChI is InChI=1S/C17H23NO/c1-10(2)18-9-14-16(13-7-8-13)15-11(3)5-6-12(4)17(15)19-14/h5-6,10,13,18H,7-9H2,1-4H3. The van der Waals surface area contributed by atoms with Gasteiger partial charge in [0.25, 0.3) is 0 Å². The molecule has 2 nitrogen and oxygen atoms in total. The Hall–Kier alpha value is -1.28. The first-order valence-electron chi connectivity index (χ1n) is 7.32. The number of nitrogens with one attached hydrogen (secondary N) is 1. The summed E-state index contributed by atoms with van der Waals surface area (Å²) in [7, 11) is 0. The molecule has 1 saturated carbocycles. The Morgan fingerprint density at radius 3 is 2.53 bits per heavy atom. The Labute approximate surface area is 115 Å². The van der Waals surface area contributed by atoms with Crippen molar-refractivity contribution >= 4 is 11.0 Å². The second-order valence-corrected chi connectivity index (χ2v) is 6.15. The van der Waals surface area contributed by atoms with Crippen LogP contribution in [0.5, 0.6) is 0 Å². The minimum Gasteiger partial charge on any atom is -0.459 e. The van der Waals surface area contributed by atoms with Crippen molar-refractivity contribution in [1.29, 1.82) is 0 Å². The molecule has 102 valence electrons. The number of hydrogen-bond acceptors (Lipinski definition) is 2. The van der Waals surface area contributed by atoms with E-state index in [-0.39, 0.29) is 0 Å². The highest BCUT2D eigenvalue weighted by atomic mass is 16.3. The zero-order chi connectivity index (χ0) is 13.6. The topological polar surface area (TPSA) is 25.2 Å². The summed E-state index contributed by atoms with van der Waals surface area (Å²) in [5.74, 6) is 1.88. The number of hydrogen-bond donors (Lipinski definition) is 1. The maximum absolute atomic E-state index is 6.20. The van der Waals surface area contributed by atoms with Crippen LogP contribution in [0.3, 0.4) is 0 Å². The van der Waals surface area contributed by atoms with Gasteiger partial charge in [0.15, 0.2) is 0 Å². The molecule has 1 aliphatic carbocycles. The molecule has 0 aliphatic heterocycles. The van der Waals surface area contributed by atoms with E-state index in [1.54, 1.807) is 0 Å². The summed E-state index contributed by atoms with van der Waals surface area (Å²) in [4.78, 5) is 0. The zero-order valence-electron chi connectivity index (χ0n) is 12.3. The second kappa shape index (κ2) is 4.68. The molecule has 1 heterocycles. The van der Waals surface area contributed by atoms with Crippen LogP contribution in [0, 0.1) is 13.8 Å². The van der Waals surface area contributed by atoms with Crippen LogP contribution in [0.2, 0.25) is 0 Å². The predicted octanol–water partition coefficient (Wildman–Crippen LogP) is 4.43. The van der Waals surface area contributed by atoms with Crippen LogP contribution in [0.15, 0.2) is 16.5 Å². The average Bonchev–Trinajstić information content (AvgIpc) is 3.12. The highest BCUT2D eigenvalue weighted by molar-refractivity contribution is 5.89. The van der Waals surface area contributed by atoms with Crippen molar-refractivity contribution in [2.24, 2.45) is 0 Å². The lowest BCUT2D eigenvalue weighted by Crippen LogP contribution is -2.22. The van der Waals surface area contributed by atoms with Gasteiger partial charge in [0.1, 0.15) is 11.3 Å². The molecule has 0 unspecified atom stereocenters. The van der Waals surface area contributed by atoms with Crippen molar-refractivity contribution in [2.45, 2.75) is 59.0 Å². The molecule has 2 aromatic rings. The summed E-state index contributed by atoms with van der Waals surface area (Å²) in [6.45, 7) is 9.54. The van der Waals surface area contributed by atoms with Gasteiger partial charge in [-0.25, -0.2) is 0 Å². The third-order valence-corrected chi connectivity index (χ3v) is 4.01. The van der Waals surface area contributed by atoms with E-state index in [1.165, 1.54) is 34.9 Å². The number of fused-ring (bicyclic) bond motifs is 1. The average molecular weight is 257 g/mol. The van der Waals surface area contributed by atoms with Crippen molar-refractivity contribution in [2.75, 3.05) is 0 Å². The number of furan rings is 1. The first kappa shape index (κ1) is 12.7. The molecule has 1 aliphatic rings. The Morgan fingerprint density at radius 2 is 1.89 bits per heavy atom. The molecule has 0 radical (unpaired) electrons. The van der Waals surface area contributed by atoms with Crippen LogP contribution in [0.1, 0.15) is 55.1 Å². The van der Waals surface area contributed by atoms with Gasteiger partial charge < -0.3 is 9.73 Å². The third kappa shape index (κ3) is 2.30. The fraction of sp³-hybridized carbons (Fsp3) is 0.529. The van der Waals surface area contributed by atoms with E-state index in [9.17, 15) is 0 Å². The minimum absolute atomic E-state index is 0.488. The summed E-state index contributed by atoms with van der Waals surface area (Å²) in [6.07, 6.45) is 2.63. The maximum Gasteiger partial charge on any atom is 0.137 e. The van der Waals surface area contributed by atoms with Gasteiger partial charge >= 0.3 is 0 Å². The molecule has 0 atom stereocenters. The second-order valence-electron chi connectivity index (χ2n) is 6.15. The van der Waals surface area contributed by atoms with E-state index in [4.69, 9.17) is 4.42 Å². The van der Waals surface area contributed by atoms with Gasteiger partial charge in [0.05, 0.1) is 6.54 Å². The van der Waals surface area contributed by atoms with E-state index >= 15 is 0 Å². The Balaban J connectivity index is 2.13. The molecule has 0 bridgehead atoms. The lowest BCUT2D eigenvalue weighted by Gasteiger charge is -2.07. The quantitative estimate of drug-likeness (QED) is 0.876. The van der Waals surface area contributed by atoms with Crippen molar-refractivity contribution in [3.8, 4) is 0 Å². The highest BCUT2D eigenvalue weighted by Gasteiger charge is 2.31. The van der Waals surface area contributed by atoms with Crippen LogP contribution >= 0.6 is 0 Å². The molecule has 1 N–H and O–H groups in total. The lowest BCUT2D eigenvalue weighted by molar-refractivity contribution is 0.482. The maximum atomic E-state index is 6.20. The highest BCUT2D eigenvalue weighted by Crippen LogP contribution is 2.47. The monoisotopic (exact) mass is 257 g/mol. The third-order valence-electron chi connectivity index (χ3n) is 4.01. The molecule has 19 heavy (non-hydrogen) atoms. The van der Waals surface area contributed by atoms with Crippen LogP contribution in [-0.2, 0) is 6.54 Å². The van der Waals surface area contributed by atoms with E-state index in [1.807, 2.05) is 0 Å². The van der Waals surface area contributed by atoms with Crippen molar-refractivity contribution in [1.82, 2.24) is 5.32 Å². The van der Waals surface area contributed by atoms with Crippen LogP contribution < -0.4 is 5.32 Å². The Morgan fingerprint density at radius 1 is 1.21 bits per heavy atom. The molecule has 0 spiro atoms. The summed E-state index contributed by atoms with van der Waals surface area (Å²) < 4.78 is 6.20. The van der Waals surface area contributed by atoms with E-state index < -0.39 is 0 Å². The van der Waals surface area contributed by atoms with Gasteiger partial charge in [-0.05, 0) is 43.7 Å². The van der Waals surface area contributed by atoms with Crippen molar-refractivity contribution in [3.05, 3.63) is 34.6 Å². The Kier molecular flexibility index (Phi) is 3.14. The first-order chi connectivity index (χ1) is 9.08.